The lowest BCUT2D eigenvalue weighted by molar-refractivity contribution is 0.128. The van der Waals surface area contributed by atoms with E-state index in [9.17, 15) is 9.90 Å². The largest absolute Gasteiger partial charge is 0.396 e. The smallest absolute Gasteiger partial charge is 0.318 e. The number of rotatable bonds is 4. The zero-order chi connectivity index (χ0) is 14.7. The minimum Gasteiger partial charge on any atom is -0.396 e. The number of amides is 2. The van der Waals surface area contributed by atoms with Gasteiger partial charge >= 0.3 is 6.03 Å². The summed E-state index contributed by atoms with van der Waals surface area (Å²) in [5.74, 6) is 0. The SMILES string of the molecule is O=C(NC1(c2ccccc2)CC1)N1CCCC[C@@H]1CCO. The summed E-state index contributed by atoms with van der Waals surface area (Å²) < 4.78 is 0. The van der Waals surface area contributed by atoms with Crippen LogP contribution in [0.25, 0.3) is 0 Å². The van der Waals surface area contributed by atoms with Crippen LogP contribution in [0.15, 0.2) is 30.3 Å². The van der Waals surface area contributed by atoms with E-state index in [1.807, 2.05) is 23.1 Å². The quantitative estimate of drug-likeness (QED) is 0.895. The summed E-state index contributed by atoms with van der Waals surface area (Å²) in [4.78, 5) is 14.6. The van der Waals surface area contributed by atoms with Gasteiger partial charge < -0.3 is 15.3 Å². The highest BCUT2D eigenvalue weighted by Gasteiger charge is 2.46. The third-order valence-corrected chi connectivity index (χ3v) is 4.77. The van der Waals surface area contributed by atoms with Crippen LogP contribution in [0.2, 0.25) is 0 Å². The molecule has 3 rings (SSSR count). The van der Waals surface area contributed by atoms with Crippen molar-refractivity contribution in [2.45, 2.75) is 50.1 Å². The van der Waals surface area contributed by atoms with Crippen LogP contribution in [0.1, 0.15) is 44.1 Å². The number of hydrogen-bond acceptors (Lipinski definition) is 2. The van der Waals surface area contributed by atoms with Crippen LogP contribution in [0.4, 0.5) is 4.79 Å². The molecular weight excluding hydrogens is 264 g/mol. The predicted molar refractivity (Wildman–Crippen MR) is 81.9 cm³/mol. The van der Waals surface area contributed by atoms with Gasteiger partial charge in [-0.3, -0.25) is 0 Å². The van der Waals surface area contributed by atoms with Gasteiger partial charge in [-0.15, -0.1) is 0 Å². The molecule has 1 heterocycles. The molecule has 0 unspecified atom stereocenters. The molecule has 0 spiro atoms. The van der Waals surface area contributed by atoms with Crippen LogP contribution in [-0.2, 0) is 5.54 Å². The normalized spacial score (nSPS) is 23.7. The van der Waals surface area contributed by atoms with Gasteiger partial charge in [0.2, 0.25) is 0 Å². The second-order valence-corrected chi connectivity index (χ2v) is 6.23. The van der Waals surface area contributed by atoms with Crippen LogP contribution in [0, 0.1) is 0 Å². The zero-order valence-corrected chi connectivity index (χ0v) is 12.4. The van der Waals surface area contributed by atoms with Crippen molar-refractivity contribution < 1.29 is 9.90 Å². The molecule has 2 amide bonds. The zero-order valence-electron chi connectivity index (χ0n) is 12.4. The van der Waals surface area contributed by atoms with Crippen LogP contribution < -0.4 is 5.32 Å². The van der Waals surface area contributed by atoms with Crippen molar-refractivity contribution in [2.75, 3.05) is 13.2 Å². The molecule has 1 saturated carbocycles. The van der Waals surface area contributed by atoms with E-state index in [4.69, 9.17) is 0 Å². The van der Waals surface area contributed by atoms with E-state index in [1.165, 1.54) is 5.56 Å². The van der Waals surface area contributed by atoms with Crippen LogP contribution in [0.3, 0.4) is 0 Å². The molecule has 1 aromatic carbocycles. The fourth-order valence-electron chi connectivity index (χ4n) is 3.36. The topological polar surface area (TPSA) is 52.6 Å². The summed E-state index contributed by atoms with van der Waals surface area (Å²) in [6, 6.07) is 10.5. The highest BCUT2D eigenvalue weighted by Crippen LogP contribution is 2.45. The van der Waals surface area contributed by atoms with Gasteiger partial charge in [-0.05, 0) is 44.1 Å². The molecule has 1 saturated heterocycles. The number of aliphatic hydroxyl groups excluding tert-OH is 1. The Morgan fingerprint density at radius 3 is 2.71 bits per heavy atom. The van der Waals surface area contributed by atoms with E-state index in [2.05, 4.69) is 17.4 Å². The molecule has 0 radical (unpaired) electrons. The summed E-state index contributed by atoms with van der Waals surface area (Å²) in [5.41, 5.74) is 1.05. The highest BCUT2D eigenvalue weighted by molar-refractivity contribution is 5.76. The van der Waals surface area contributed by atoms with E-state index in [0.29, 0.717) is 6.42 Å². The average molecular weight is 288 g/mol. The number of benzene rings is 1. The Labute approximate surface area is 126 Å². The van der Waals surface area contributed by atoms with Gasteiger partial charge in [-0.25, -0.2) is 4.79 Å². The number of urea groups is 1. The van der Waals surface area contributed by atoms with Crippen molar-refractivity contribution in [3.63, 3.8) is 0 Å². The van der Waals surface area contributed by atoms with Gasteiger partial charge in [0.05, 0.1) is 5.54 Å². The first-order valence-electron chi connectivity index (χ1n) is 8.00. The summed E-state index contributed by atoms with van der Waals surface area (Å²) in [7, 11) is 0. The molecule has 2 fully saturated rings. The minimum atomic E-state index is -0.153. The summed E-state index contributed by atoms with van der Waals surface area (Å²) in [6.45, 7) is 0.958. The molecule has 4 nitrogen and oxygen atoms in total. The Hall–Kier alpha value is -1.55. The molecule has 21 heavy (non-hydrogen) atoms. The first-order chi connectivity index (χ1) is 10.2. The fourth-order valence-corrected chi connectivity index (χ4v) is 3.36. The number of carbonyl (C=O) groups excluding carboxylic acids is 1. The molecule has 1 aliphatic heterocycles. The number of piperidine rings is 1. The number of carbonyl (C=O) groups is 1. The van der Waals surface area contributed by atoms with Crippen molar-refractivity contribution in [3.8, 4) is 0 Å². The van der Waals surface area contributed by atoms with E-state index in [-0.39, 0.29) is 24.2 Å². The molecule has 1 atom stereocenters. The Balaban J connectivity index is 1.68. The van der Waals surface area contributed by atoms with Gasteiger partial charge in [0.25, 0.3) is 0 Å². The maximum atomic E-state index is 12.6. The molecule has 1 aromatic rings. The van der Waals surface area contributed by atoms with Gasteiger partial charge in [-0.1, -0.05) is 30.3 Å². The lowest BCUT2D eigenvalue weighted by Gasteiger charge is -2.36. The number of nitrogens with zero attached hydrogens (tertiary/aromatic N) is 1. The minimum absolute atomic E-state index is 0.0366. The van der Waals surface area contributed by atoms with Crippen molar-refractivity contribution in [1.29, 1.82) is 0 Å². The lowest BCUT2D eigenvalue weighted by atomic mass is 10.00. The predicted octanol–water partition coefficient (Wildman–Crippen LogP) is 2.62. The average Bonchev–Trinajstić information content (AvgIpc) is 3.30. The molecule has 114 valence electrons. The van der Waals surface area contributed by atoms with Crippen LogP contribution >= 0.6 is 0 Å². The highest BCUT2D eigenvalue weighted by atomic mass is 16.3. The Kier molecular flexibility index (Phi) is 4.15. The number of aliphatic hydroxyl groups is 1. The Morgan fingerprint density at radius 2 is 2.05 bits per heavy atom. The maximum absolute atomic E-state index is 12.6. The van der Waals surface area contributed by atoms with E-state index in [1.54, 1.807) is 0 Å². The lowest BCUT2D eigenvalue weighted by Crippen LogP contribution is -2.51. The molecule has 0 aromatic heterocycles. The van der Waals surface area contributed by atoms with E-state index in [0.717, 1.165) is 38.6 Å². The molecule has 2 aliphatic rings. The van der Waals surface area contributed by atoms with E-state index < -0.39 is 0 Å². The summed E-state index contributed by atoms with van der Waals surface area (Å²) >= 11 is 0. The van der Waals surface area contributed by atoms with Crippen molar-refractivity contribution in [1.82, 2.24) is 10.2 Å². The summed E-state index contributed by atoms with van der Waals surface area (Å²) in [5, 5.41) is 12.4. The third-order valence-electron chi connectivity index (χ3n) is 4.77. The van der Waals surface area contributed by atoms with Gasteiger partial charge in [0.15, 0.2) is 0 Å². The van der Waals surface area contributed by atoms with Gasteiger partial charge in [0.1, 0.15) is 0 Å². The van der Waals surface area contributed by atoms with E-state index >= 15 is 0 Å². The fraction of sp³-hybridized carbons (Fsp3) is 0.588. The molecule has 0 bridgehead atoms. The standard InChI is InChI=1S/C17H24N2O2/c20-13-9-15-8-4-5-12-19(15)16(21)18-17(10-11-17)14-6-2-1-3-7-14/h1-3,6-7,15,20H,4-5,8-13H2,(H,18,21)/t15-/m1/s1. The van der Waals surface area contributed by atoms with Crippen LogP contribution in [0.5, 0.6) is 0 Å². The van der Waals surface area contributed by atoms with Crippen molar-refractivity contribution in [3.05, 3.63) is 35.9 Å². The Morgan fingerprint density at radius 1 is 1.29 bits per heavy atom. The number of likely N-dealkylation sites (tertiary alicyclic amines) is 1. The molecule has 2 N–H and O–H groups in total. The monoisotopic (exact) mass is 288 g/mol. The van der Waals surface area contributed by atoms with Gasteiger partial charge in [0, 0.05) is 19.2 Å². The second-order valence-electron chi connectivity index (χ2n) is 6.23. The first kappa shape index (κ1) is 14.4. The number of nitrogens with one attached hydrogen (secondary N) is 1. The van der Waals surface area contributed by atoms with Crippen molar-refractivity contribution in [2.24, 2.45) is 0 Å². The number of hydrogen-bond donors (Lipinski definition) is 2. The molecule has 4 heteroatoms. The van der Waals surface area contributed by atoms with Crippen LogP contribution in [-0.4, -0.2) is 35.2 Å². The maximum Gasteiger partial charge on any atom is 0.318 e. The second kappa shape index (κ2) is 6.06. The van der Waals surface area contributed by atoms with Crippen molar-refractivity contribution >= 4 is 6.03 Å². The Bertz CT molecular complexity index is 483. The first-order valence-corrected chi connectivity index (χ1v) is 8.00. The molecule has 1 aliphatic carbocycles. The molecular formula is C17H24N2O2. The third kappa shape index (κ3) is 3.05. The van der Waals surface area contributed by atoms with Gasteiger partial charge in [-0.2, -0.15) is 0 Å². The summed E-state index contributed by atoms with van der Waals surface area (Å²) in [6.07, 6.45) is 5.94.